The summed E-state index contributed by atoms with van der Waals surface area (Å²) in [5, 5.41) is 0. The quantitative estimate of drug-likeness (QED) is 0.385. The van der Waals surface area contributed by atoms with Crippen molar-refractivity contribution in [1.82, 2.24) is 0 Å². The van der Waals surface area contributed by atoms with E-state index in [9.17, 15) is 0 Å². The van der Waals surface area contributed by atoms with Gasteiger partial charge in [0, 0.05) is 18.6 Å². The predicted octanol–water partition coefficient (Wildman–Crippen LogP) is 2.73. The molecule has 64 valence electrons. The Balaban J connectivity index is 2.36. The molecule has 1 rings (SSSR count). The number of hydrogen-bond donors (Lipinski definition) is 0. The summed E-state index contributed by atoms with van der Waals surface area (Å²) in [6.07, 6.45) is 2.83. The molecule has 0 aliphatic carbocycles. The fraction of sp³-hybridized carbons (Fsp3) is 0.300. The predicted molar refractivity (Wildman–Crippen MR) is 54.2 cm³/mol. The summed E-state index contributed by atoms with van der Waals surface area (Å²) in [6.45, 7) is 0.818. The first-order valence-electron chi connectivity index (χ1n) is 4.04. The van der Waals surface area contributed by atoms with Crippen LogP contribution in [0.3, 0.4) is 0 Å². The molecular weight excluding hydrogens is 170 g/mol. The molecule has 1 aromatic carbocycles. The first-order valence-corrected chi connectivity index (χ1v) is 4.58. The summed E-state index contributed by atoms with van der Waals surface area (Å²) in [6, 6.07) is 10.1. The highest BCUT2D eigenvalue weighted by atomic mass is 35.5. The van der Waals surface area contributed by atoms with Crippen LogP contribution in [0, 0.1) is 0 Å². The molecule has 0 atom stereocenters. The highest BCUT2D eigenvalue weighted by molar-refractivity contribution is 6.17. The first kappa shape index (κ1) is 9.27. The lowest BCUT2D eigenvalue weighted by Crippen LogP contribution is -1.84. The van der Waals surface area contributed by atoms with Crippen molar-refractivity contribution in [3.63, 3.8) is 0 Å². The Hall–Kier alpha value is -0.820. The Kier molecular flexibility index (Phi) is 4.47. The van der Waals surface area contributed by atoms with E-state index in [1.54, 1.807) is 0 Å². The Morgan fingerprint density at radius 2 is 2.00 bits per heavy atom. The van der Waals surface area contributed by atoms with Crippen molar-refractivity contribution < 1.29 is 0 Å². The first-order chi connectivity index (χ1) is 5.93. The van der Waals surface area contributed by atoms with Gasteiger partial charge in [0.25, 0.3) is 0 Å². The summed E-state index contributed by atoms with van der Waals surface area (Å²) in [7, 11) is 0. The summed E-state index contributed by atoms with van der Waals surface area (Å²) >= 11 is 5.51. The van der Waals surface area contributed by atoms with Crippen molar-refractivity contribution in [3.05, 3.63) is 35.9 Å². The van der Waals surface area contributed by atoms with Crippen molar-refractivity contribution in [2.45, 2.75) is 6.42 Å². The Morgan fingerprint density at radius 1 is 1.25 bits per heavy atom. The lowest BCUT2D eigenvalue weighted by atomic mass is 10.2. The van der Waals surface area contributed by atoms with E-state index in [4.69, 9.17) is 11.6 Å². The van der Waals surface area contributed by atoms with Gasteiger partial charge in [0.1, 0.15) is 0 Å². The summed E-state index contributed by atoms with van der Waals surface area (Å²) < 4.78 is 0. The molecule has 0 aliphatic rings. The smallest absolute Gasteiger partial charge is 0.0400 e. The van der Waals surface area contributed by atoms with E-state index in [-0.39, 0.29) is 0 Å². The minimum Gasteiger partial charge on any atom is -0.293 e. The second-order valence-electron chi connectivity index (χ2n) is 2.49. The minimum atomic E-state index is 0.687. The third kappa shape index (κ3) is 3.54. The van der Waals surface area contributed by atoms with Gasteiger partial charge in [0.05, 0.1) is 0 Å². The number of rotatable bonds is 4. The number of hydrogen-bond acceptors (Lipinski definition) is 1. The van der Waals surface area contributed by atoms with Crippen molar-refractivity contribution in [2.24, 2.45) is 4.99 Å². The van der Waals surface area contributed by atoms with Crippen molar-refractivity contribution in [3.8, 4) is 0 Å². The Bertz CT molecular complexity index is 231. The molecule has 0 aliphatic heterocycles. The molecule has 0 N–H and O–H groups in total. The SMILES string of the molecule is ClCCCN=Cc1ccccc1. The maximum Gasteiger partial charge on any atom is 0.0400 e. The zero-order valence-electron chi connectivity index (χ0n) is 6.91. The number of halogens is 1. The summed E-state index contributed by atoms with van der Waals surface area (Å²) in [4.78, 5) is 4.22. The molecule has 0 saturated heterocycles. The lowest BCUT2D eigenvalue weighted by molar-refractivity contribution is 0.943. The van der Waals surface area contributed by atoms with Crippen LogP contribution in [-0.4, -0.2) is 18.6 Å². The molecule has 0 spiro atoms. The van der Waals surface area contributed by atoms with E-state index in [1.807, 2.05) is 36.5 Å². The summed E-state index contributed by atoms with van der Waals surface area (Å²) in [5.74, 6) is 0.687. The van der Waals surface area contributed by atoms with E-state index < -0.39 is 0 Å². The molecule has 0 amide bonds. The second kappa shape index (κ2) is 5.78. The van der Waals surface area contributed by atoms with Gasteiger partial charge in [0.15, 0.2) is 0 Å². The average Bonchev–Trinajstić information content (AvgIpc) is 2.14. The molecule has 2 heteroatoms. The third-order valence-electron chi connectivity index (χ3n) is 1.46. The van der Waals surface area contributed by atoms with Crippen molar-refractivity contribution >= 4 is 17.8 Å². The van der Waals surface area contributed by atoms with Crippen LogP contribution in [0.4, 0.5) is 0 Å². The van der Waals surface area contributed by atoms with Crippen LogP contribution in [0.25, 0.3) is 0 Å². The maximum absolute atomic E-state index is 5.51. The monoisotopic (exact) mass is 181 g/mol. The molecule has 0 aromatic heterocycles. The van der Waals surface area contributed by atoms with Gasteiger partial charge >= 0.3 is 0 Å². The Morgan fingerprint density at radius 3 is 2.67 bits per heavy atom. The van der Waals surface area contributed by atoms with Gasteiger partial charge in [-0.05, 0) is 12.0 Å². The third-order valence-corrected chi connectivity index (χ3v) is 1.73. The van der Waals surface area contributed by atoms with E-state index in [1.165, 1.54) is 0 Å². The van der Waals surface area contributed by atoms with Gasteiger partial charge in [-0.3, -0.25) is 4.99 Å². The van der Waals surface area contributed by atoms with Crippen LogP contribution in [-0.2, 0) is 0 Å². The van der Waals surface area contributed by atoms with Crippen LogP contribution in [0.1, 0.15) is 12.0 Å². The van der Waals surface area contributed by atoms with Gasteiger partial charge in [-0.2, -0.15) is 0 Å². The van der Waals surface area contributed by atoms with E-state index in [2.05, 4.69) is 4.99 Å². The molecule has 0 unspecified atom stereocenters. The highest BCUT2D eigenvalue weighted by Gasteiger charge is 1.83. The lowest BCUT2D eigenvalue weighted by Gasteiger charge is -1.90. The van der Waals surface area contributed by atoms with Gasteiger partial charge in [0.2, 0.25) is 0 Å². The number of alkyl halides is 1. The van der Waals surface area contributed by atoms with E-state index >= 15 is 0 Å². The molecule has 0 heterocycles. The number of benzene rings is 1. The molecule has 1 nitrogen and oxygen atoms in total. The van der Waals surface area contributed by atoms with Gasteiger partial charge in [-0.15, -0.1) is 11.6 Å². The zero-order valence-corrected chi connectivity index (χ0v) is 7.67. The molecule has 0 fully saturated rings. The topological polar surface area (TPSA) is 12.4 Å². The second-order valence-corrected chi connectivity index (χ2v) is 2.87. The zero-order chi connectivity index (χ0) is 8.65. The molecule has 0 radical (unpaired) electrons. The fourth-order valence-electron chi connectivity index (χ4n) is 0.860. The summed E-state index contributed by atoms with van der Waals surface area (Å²) in [5.41, 5.74) is 1.15. The van der Waals surface area contributed by atoms with Crippen LogP contribution < -0.4 is 0 Å². The molecular formula is C10H12ClN. The Labute approximate surface area is 78.1 Å². The average molecular weight is 182 g/mol. The van der Waals surface area contributed by atoms with Crippen LogP contribution >= 0.6 is 11.6 Å². The fourth-order valence-corrected chi connectivity index (χ4v) is 0.980. The maximum atomic E-state index is 5.51. The van der Waals surface area contributed by atoms with Crippen LogP contribution in [0.5, 0.6) is 0 Å². The van der Waals surface area contributed by atoms with Gasteiger partial charge in [-0.25, -0.2) is 0 Å². The molecule has 1 aromatic rings. The van der Waals surface area contributed by atoms with Crippen LogP contribution in [0.15, 0.2) is 35.3 Å². The largest absolute Gasteiger partial charge is 0.293 e. The molecule has 0 saturated carbocycles. The van der Waals surface area contributed by atoms with Crippen molar-refractivity contribution in [1.29, 1.82) is 0 Å². The van der Waals surface area contributed by atoms with Crippen molar-refractivity contribution in [2.75, 3.05) is 12.4 Å². The number of nitrogens with zero attached hydrogens (tertiary/aromatic N) is 1. The van der Waals surface area contributed by atoms with E-state index in [0.29, 0.717) is 5.88 Å². The number of aliphatic imine (C=N–C) groups is 1. The van der Waals surface area contributed by atoms with Crippen LogP contribution in [0.2, 0.25) is 0 Å². The standard InChI is InChI=1S/C10H12ClN/c11-7-4-8-12-9-10-5-2-1-3-6-10/h1-3,5-6,9H,4,7-8H2. The highest BCUT2D eigenvalue weighted by Crippen LogP contribution is 1.94. The minimum absolute atomic E-state index is 0.687. The molecule has 0 bridgehead atoms. The van der Waals surface area contributed by atoms with E-state index in [0.717, 1.165) is 18.5 Å². The normalized spacial score (nSPS) is 10.8. The van der Waals surface area contributed by atoms with Gasteiger partial charge < -0.3 is 0 Å². The van der Waals surface area contributed by atoms with Gasteiger partial charge in [-0.1, -0.05) is 30.3 Å². The molecule has 12 heavy (non-hydrogen) atoms.